The quantitative estimate of drug-likeness (QED) is 0.692. The molecule has 0 spiro atoms. The molecule has 0 radical (unpaired) electrons. The van der Waals surface area contributed by atoms with Crippen LogP contribution < -0.4 is 14.2 Å². The van der Waals surface area contributed by atoms with Crippen LogP contribution in [0.25, 0.3) is 0 Å². The molecule has 136 valence electrons. The van der Waals surface area contributed by atoms with Gasteiger partial charge in [-0.2, -0.15) is 0 Å². The van der Waals surface area contributed by atoms with Crippen molar-refractivity contribution in [1.29, 1.82) is 0 Å². The first-order valence-electron chi connectivity index (χ1n) is 14.9. The van der Waals surface area contributed by atoms with Gasteiger partial charge in [-0.1, -0.05) is 24.5 Å². The molecule has 0 heterocycles. The van der Waals surface area contributed by atoms with Crippen molar-refractivity contribution < 1.29 is 39.9 Å². The van der Waals surface area contributed by atoms with E-state index in [1.54, 1.807) is 0 Å². The lowest BCUT2D eigenvalue weighted by Gasteiger charge is -2.13. The summed E-state index contributed by atoms with van der Waals surface area (Å²) in [5, 5.41) is 10.3. The molecule has 2 aromatic rings. The second-order valence-electron chi connectivity index (χ2n) is 5.10. The maximum Gasteiger partial charge on any atom is 0.160 e. The molecule has 2 rings (SSSR count). The van der Waals surface area contributed by atoms with E-state index in [0.29, 0.717) is 0 Å². The summed E-state index contributed by atoms with van der Waals surface area (Å²) in [7, 11) is -6.35. The minimum absolute atomic E-state index is 0.116. The summed E-state index contributed by atoms with van der Waals surface area (Å²) in [5.74, 6) is -2.21. The predicted octanol–water partition coefficient (Wildman–Crippen LogP) is 4.16. The van der Waals surface area contributed by atoms with Gasteiger partial charge in [-0.15, -0.1) is 0 Å². The van der Waals surface area contributed by atoms with Gasteiger partial charge in [-0.05, 0) is 61.4 Å². The number of rotatable bonds is 10. The van der Waals surface area contributed by atoms with Crippen LogP contribution >= 0.6 is 0 Å². The molecular weight excluding hydrogens is 316 g/mol. The number of hydrogen-bond donors (Lipinski definition) is 1. The van der Waals surface area contributed by atoms with Gasteiger partial charge in [0.2, 0.25) is 0 Å². The van der Waals surface area contributed by atoms with Gasteiger partial charge in [-0.25, -0.2) is 0 Å². The van der Waals surface area contributed by atoms with Gasteiger partial charge in [0.15, 0.2) is 11.5 Å². The van der Waals surface area contributed by atoms with Crippen LogP contribution in [0.3, 0.4) is 0 Å². The third kappa shape index (κ3) is 6.31. The average Bonchev–Trinajstić information content (AvgIpc) is 2.82. The average molecular weight is 360 g/mol. The summed E-state index contributed by atoms with van der Waals surface area (Å²) in [4.78, 5) is 0. The van der Waals surface area contributed by atoms with Gasteiger partial charge in [-0.3, -0.25) is 0 Å². The fourth-order valence-electron chi connectivity index (χ4n) is 1.88. The standard InChI is InChI=1S/C21H28O4/c1-16-7-6-10-19(13-16)25-15-18(22)9-5-4-8-17-11-12-20(23-2)21(14-17)24-3/h6-7,10-14,18,22H,4-5,8-9,15H2,1-3H3/i2D3,3D3,4D2,6D,7D,10D,11D,12D,13D,14D. The van der Waals surface area contributed by atoms with Gasteiger partial charge in [0, 0.05) is 2.74 Å². The Hall–Kier alpha value is -2.20. The van der Waals surface area contributed by atoms with E-state index in [-0.39, 0.29) is 36.2 Å². The van der Waals surface area contributed by atoms with Crippen LogP contribution in [0, 0.1) is 6.92 Å². The largest absolute Gasteiger partial charge is 0.493 e. The SMILES string of the molecule is [2H]c1c([2H])c(C)c([2H])c(OCC(O)CCC([2H])([2H])Cc2c([2H])c([2H])c(OC([2H])([2H])[2H])c(OC([2H])([2H])[2H])c2[2H])c1[2H]. The first-order valence-corrected chi connectivity index (χ1v) is 7.44. The molecule has 0 aliphatic carbocycles. The smallest absolute Gasteiger partial charge is 0.160 e. The van der Waals surface area contributed by atoms with E-state index < -0.39 is 86.9 Å². The second kappa shape index (κ2) is 9.94. The molecule has 0 fully saturated rings. The number of aliphatic hydroxyl groups is 1. The van der Waals surface area contributed by atoms with Crippen LogP contribution in [-0.2, 0) is 6.42 Å². The fraction of sp³-hybridized carbons (Fsp3) is 0.429. The number of hydrogen-bond acceptors (Lipinski definition) is 4. The number of benzene rings is 2. The lowest BCUT2D eigenvalue weighted by Crippen LogP contribution is -2.17. The van der Waals surface area contributed by atoms with E-state index >= 15 is 0 Å². The summed E-state index contributed by atoms with van der Waals surface area (Å²) in [6.07, 6.45) is -4.83. The highest BCUT2D eigenvalue weighted by molar-refractivity contribution is 5.42. The molecule has 0 amide bonds. The molecule has 25 heavy (non-hydrogen) atoms. The third-order valence-corrected chi connectivity index (χ3v) is 3.10. The van der Waals surface area contributed by atoms with E-state index in [2.05, 4.69) is 4.74 Å². The van der Waals surface area contributed by atoms with Gasteiger partial charge in [0.25, 0.3) is 0 Å². The Morgan fingerprint density at radius 3 is 2.84 bits per heavy atom. The van der Waals surface area contributed by atoms with Crippen LogP contribution in [0.2, 0.25) is 0 Å². The molecule has 1 N–H and O–H groups in total. The molecule has 0 aliphatic heterocycles. The topological polar surface area (TPSA) is 47.9 Å². The van der Waals surface area contributed by atoms with E-state index in [1.165, 1.54) is 6.92 Å². The zero-order valence-electron chi connectivity index (χ0n) is 28.6. The minimum Gasteiger partial charge on any atom is -0.493 e. The molecule has 0 aromatic heterocycles. The lowest BCUT2D eigenvalue weighted by atomic mass is 10.0. The number of aliphatic hydroxyl groups excluding tert-OH is 1. The Morgan fingerprint density at radius 2 is 2.00 bits per heavy atom. The molecule has 4 nitrogen and oxygen atoms in total. The molecule has 0 saturated heterocycles. The fourth-order valence-corrected chi connectivity index (χ4v) is 1.88. The second-order valence-corrected chi connectivity index (χ2v) is 5.10. The van der Waals surface area contributed by atoms with E-state index in [1.807, 2.05) is 0 Å². The monoisotopic (exact) mass is 359 g/mol. The Kier molecular flexibility index (Phi) is 2.86. The molecular formula is C21H28O4. The minimum atomic E-state index is -3.18. The van der Waals surface area contributed by atoms with Crippen molar-refractivity contribution >= 4 is 0 Å². The van der Waals surface area contributed by atoms with Crippen molar-refractivity contribution in [3.05, 3.63) is 53.4 Å². The highest BCUT2D eigenvalue weighted by atomic mass is 16.5. The molecule has 1 unspecified atom stereocenters. The van der Waals surface area contributed by atoms with Gasteiger partial charge >= 0.3 is 0 Å². The Bertz CT molecular complexity index is 1210. The summed E-state index contributed by atoms with van der Waals surface area (Å²) in [5.41, 5.74) is -0.324. The third-order valence-electron chi connectivity index (χ3n) is 3.10. The molecule has 2 aromatic carbocycles. The highest BCUT2D eigenvalue weighted by Gasteiger charge is 2.07. The van der Waals surface area contributed by atoms with E-state index in [0.717, 1.165) is 0 Å². The van der Waals surface area contributed by atoms with Crippen molar-refractivity contribution in [1.82, 2.24) is 0 Å². The predicted molar refractivity (Wildman–Crippen MR) is 99.8 cm³/mol. The number of methoxy groups -OCH3 is 2. The summed E-state index contributed by atoms with van der Waals surface area (Å²) in [6, 6.07) is -4.04. The first-order chi connectivity index (χ1) is 18.1. The number of ether oxygens (including phenoxy) is 3. The maximum atomic E-state index is 10.3. The van der Waals surface area contributed by atoms with Crippen LogP contribution in [0.5, 0.6) is 17.2 Å². The van der Waals surface area contributed by atoms with Crippen LogP contribution in [0.4, 0.5) is 0 Å². The zero-order valence-corrected chi connectivity index (χ0v) is 13.6. The molecule has 0 bridgehead atoms. The molecule has 0 saturated carbocycles. The molecule has 1 atom stereocenters. The first kappa shape index (κ1) is 7.20. The maximum absolute atomic E-state index is 10.3. The highest BCUT2D eigenvalue weighted by Crippen LogP contribution is 2.28. The summed E-state index contributed by atoms with van der Waals surface area (Å²) in [6.45, 7) is 0.950. The Balaban J connectivity index is 2.25. The summed E-state index contributed by atoms with van der Waals surface area (Å²) < 4.78 is 131. The van der Waals surface area contributed by atoms with E-state index in [9.17, 15) is 5.11 Å². The van der Waals surface area contributed by atoms with Crippen LogP contribution in [0.15, 0.2) is 42.3 Å². The van der Waals surface area contributed by atoms with Crippen molar-refractivity contribution in [2.75, 3.05) is 20.7 Å². The van der Waals surface area contributed by atoms with Crippen molar-refractivity contribution in [3.63, 3.8) is 0 Å². The normalized spacial score (nSPS) is 22.1. The molecule has 4 heteroatoms. The summed E-state index contributed by atoms with van der Waals surface area (Å²) >= 11 is 0. The van der Waals surface area contributed by atoms with Crippen molar-refractivity contribution in [2.24, 2.45) is 0 Å². The van der Waals surface area contributed by atoms with Gasteiger partial charge in [0.1, 0.15) is 12.4 Å². The van der Waals surface area contributed by atoms with Gasteiger partial charge < -0.3 is 19.3 Å². The van der Waals surface area contributed by atoms with Crippen molar-refractivity contribution in [3.8, 4) is 17.2 Å². The van der Waals surface area contributed by atoms with Crippen LogP contribution in [0.1, 0.15) is 50.9 Å². The van der Waals surface area contributed by atoms with Crippen molar-refractivity contribution in [2.45, 2.75) is 38.7 Å². The van der Waals surface area contributed by atoms with E-state index in [4.69, 9.17) is 30.0 Å². The zero-order chi connectivity index (χ0) is 31.0. The lowest BCUT2D eigenvalue weighted by molar-refractivity contribution is 0.0976. The van der Waals surface area contributed by atoms with Crippen LogP contribution in [-0.4, -0.2) is 31.9 Å². The van der Waals surface area contributed by atoms with Gasteiger partial charge in [0.05, 0.1) is 38.0 Å². The Labute approximate surface area is 171 Å². The Morgan fingerprint density at radius 1 is 1.16 bits per heavy atom. The molecule has 0 aliphatic rings.